The average Bonchev–Trinajstić information content (AvgIpc) is 3.39. The van der Waals surface area contributed by atoms with Gasteiger partial charge in [-0.05, 0) is 44.9 Å². The number of aliphatic hydroxyl groups is 4. The minimum absolute atomic E-state index is 0.225. The van der Waals surface area contributed by atoms with E-state index in [1.165, 1.54) is 225 Å². The van der Waals surface area contributed by atoms with E-state index in [1.54, 1.807) is 0 Å². The van der Waals surface area contributed by atoms with E-state index in [0.29, 0.717) is 12.8 Å². The molecular weight excluding hydrogens is 967 g/mol. The maximum absolute atomic E-state index is 13.2. The standard InChI is InChI=1S/C62H119NO11S/c1-3-5-7-9-11-13-15-17-19-20-21-22-23-24-25-26-27-28-29-30-31-32-33-34-35-36-38-40-42-44-46-48-50-52-58(66)63-55(54-72-62-60(68)61(74-75(69,70)71)59(67)57(53-64)73-62)56(65)51-49-47-45-43-41-39-37-18-16-14-12-10-8-6-4-2/h21-22,24-25,55-57,59-62,64-65,67-68H,3-20,23,26-54H2,1-2H3,(H,63,66)(H,69,70,71)/b22-21-,25-24-. The molecule has 0 aromatic carbocycles. The summed E-state index contributed by atoms with van der Waals surface area (Å²) in [5, 5.41) is 45.1. The molecule has 0 aromatic heterocycles. The molecule has 1 rings (SSSR count). The lowest BCUT2D eigenvalue weighted by Crippen LogP contribution is -2.61. The van der Waals surface area contributed by atoms with Crippen LogP contribution in [-0.4, -0.2) is 95.4 Å². The number of carbonyl (C=O) groups is 1. The van der Waals surface area contributed by atoms with Crippen LogP contribution in [0.3, 0.4) is 0 Å². The van der Waals surface area contributed by atoms with Crippen LogP contribution in [0.15, 0.2) is 24.3 Å². The molecule has 0 aliphatic carbocycles. The first-order chi connectivity index (χ1) is 36.5. The first-order valence-corrected chi connectivity index (χ1v) is 33.1. The minimum Gasteiger partial charge on any atom is -0.394 e. The van der Waals surface area contributed by atoms with Gasteiger partial charge in [-0.3, -0.25) is 9.35 Å². The Hall–Kier alpha value is -1.42. The van der Waals surface area contributed by atoms with Crippen LogP contribution in [0.5, 0.6) is 0 Å². The normalized spacial score (nSPS) is 19.2. The van der Waals surface area contributed by atoms with E-state index in [2.05, 4.69) is 47.7 Å². The number of allylic oxidation sites excluding steroid dienone is 4. The number of unbranched alkanes of at least 4 members (excludes halogenated alkanes) is 40. The van der Waals surface area contributed by atoms with Gasteiger partial charge in [0, 0.05) is 6.42 Å². The van der Waals surface area contributed by atoms with Gasteiger partial charge < -0.3 is 35.2 Å². The highest BCUT2D eigenvalue weighted by Crippen LogP contribution is 2.26. The Bertz CT molecular complexity index is 1420. The summed E-state index contributed by atoms with van der Waals surface area (Å²) in [4.78, 5) is 13.2. The molecule has 1 aliphatic heterocycles. The van der Waals surface area contributed by atoms with Crippen molar-refractivity contribution in [3.8, 4) is 0 Å². The van der Waals surface area contributed by atoms with E-state index in [4.69, 9.17) is 9.47 Å². The maximum Gasteiger partial charge on any atom is 0.397 e. The van der Waals surface area contributed by atoms with Crippen molar-refractivity contribution in [1.82, 2.24) is 5.32 Å². The SMILES string of the molecule is CCCCCCCCCCC/C=C\C/C=C\CCCCCCCCCCCCCCCCCCCC(=O)NC(COC1OC(CO)C(O)C(OS(=O)(=O)O)C1O)C(O)CCCCCCCCCCCCCCCCC. The van der Waals surface area contributed by atoms with Gasteiger partial charge in [-0.25, -0.2) is 4.18 Å². The molecule has 7 unspecified atom stereocenters. The topological polar surface area (TPSA) is 192 Å². The second-order valence-corrected chi connectivity index (χ2v) is 23.4. The molecule has 12 nitrogen and oxygen atoms in total. The lowest BCUT2D eigenvalue weighted by Gasteiger charge is -2.41. The molecule has 1 amide bonds. The summed E-state index contributed by atoms with van der Waals surface area (Å²) in [5.41, 5.74) is 0. The minimum atomic E-state index is -5.08. The van der Waals surface area contributed by atoms with Crippen molar-refractivity contribution in [2.75, 3.05) is 13.2 Å². The van der Waals surface area contributed by atoms with Gasteiger partial charge in [0.15, 0.2) is 6.29 Å². The molecular formula is C62H119NO11S. The Morgan fingerprint density at radius 1 is 0.533 bits per heavy atom. The monoisotopic (exact) mass is 1090 g/mol. The number of carbonyl (C=O) groups excluding carboxylic acids is 1. The Morgan fingerprint density at radius 3 is 1.27 bits per heavy atom. The van der Waals surface area contributed by atoms with Crippen molar-refractivity contribution in [3.05, 3.63) is 24.3 Å². The van der Waals surface area contributed by atoms with E-state index in [-0.39, 0.29) is 12.5 Å². The van der Waals surface area contributed by atoms with Gasteiger partial charge >= 0.3 is 10.4 Å². The Labute approximate surface area is 461 Å². The summed E-state index contributed by atoms with van der Waals surface area (Å²) in [6, 6.07) is -0.856. The van der Waals surface area contributed by atoms with E-state index < -0.39 is 59.9 Å². The average molecular weight is 1090 g/mol. The predicted molar refractivity (Wildman–Crippen MR) is 310 cm³/mol. The molecule has 0 bridgehead atoms. The summed E-state index contributed by atoms with van der Waals surface area (Å²) >= 11 is 0. The third-order valence-corrected chi connectivity index (χ3v) is 15.7. The summed E-state index contributed by atoms with van der Waals surface area (Å²) in [6.07, 6.45) is 56.3. The zero-order valence-electron chi connectivity index (χ0n) is 48.4. The number of ether oxygens (including phenoxy) is 2. The lowest BCUT2D eigenvalue weighted by molar-refractivity contribution is -0.298. The largest absolute Gasteiger partial charge is 0.397 e. The third-order valence-electron chi connectivity index (χ3n) is 15.3. The number of hydrogen-bond donors (Lipinski definition) is 6. The molecule has 13 heteroatoms. The summed E-state index contributed by atoms with van der Waals surface area (Å²) in [6.45, 7) is 3.49. The molecule has 1 heterocycles. The highest BCUT2D eigenvalue weighted by atomic mass is 32.3. The van der Waals surface area contributed by atoms with Gasteiger partial charge in [0.2, 0.25) is 5.91 Å². The fourth-order valence-corrected chi connectivity index (χ4v) is 10.9. The first kappa shape index (κ1) is 71.6. The molecule has 1 aliphatic rings. The number of hydrogen-bond acceptors (Lipinski definition) is 10. The van der Waals surface area contributed by atoms with Crippen LogP contribution in [0.4, 0.5) is 0 Å². The van der Waals surface area contributed by atoms with Crippen molar-refractivity contribution < 1.29 is 51.8 Å². The lowest BCUT2D eigenvalue weighted by atomic mass is 9.99. The Balaban J connectivity index is 2.21. The molecule has 0 radical (unpaired) electrons. The van der Waals surface area contributed by atoms with Crippen LogP contribution < -0.4 is 5.32 Å². The summed E-state index contributed by atoms with van der Waals surface area (Å²) < 4.78 is 47.9. The van der Waals surface area contributed by atoms with Crippen LogP contribution in [0.2, 0.25) is 0 Å². The molecule has 0 spiro atoms. The number of amides is 1. The van der Waals surface area contributed by atoms with Crippen LogP contribution in [0.1, 0.15) is 309 Å². The van der Waals surface area contributed by atoms with Crippen molar-refractivity contribution >= 4 is 16.3 Å². The second kappa shape index (κ2) is 52.0. The smallest absolute Gasteiger partial charge is 0.394 e. The molecule has 0 aromatic rings. The molecule has 75 heavy (non-hydrogen) atoms. The van der Waals surface area contributed by atoms with E-state index in [9.17, 15) is 38.2 Å². The zero-order chi connectivity index (χ0) is 54.7. The quantitative estimate of drug-likeness (QED) is 0.0193. The fourth-order valence-electron chi connectivity index (χ4n) is 10.4. The van der Waals surface area contributed by atoms with Gasteiger partial charge in [0.1, 0.15) is 24.4 Å². The summed E-state index contributed by atoms with van der Waals surface area (Å²) in [5.74, 6) is -0.225. The van der Waals surface area contributed by atoms with Crippen LogP contribution in [0.25, 0.3) is 0 Å². The molecule has 6 N–H and O–H groups in total. The zero-order valence-corrected chi connectivity index (χ0v) is 49.2. The molecule has 444 valence electrons. The van der Waals surface area contributed by atoms with Crippen LogP contribution in [0, 0.1) is 0 Å². The predicted octanol–water partition coefficient (Wildman–Crippen LogP) is 15.6. The van der Waals surface area contributed by atoms with Crippen LogP contribution in [-0.2, 0) is 28.9 Å². The number of aliphatic hydroxyl groups excluding tert-OH is 4. The fraction of sp³-hybridized carbons (Fsp3) is 0.919. The van der Waals surface area contributed by atoms with Crippen LogP contribution >= 0.6 is 0 Å². The highest BCUT2D eigenvalue weighted by molar-refractivity contribution is 7.80. The third kappa shape index (κ3) is 44.1. The van der Waals surface area contributed by atoms with E-state index in [0.717, 1.165) is 57.8 Å². The van der Waals surface area contributed by atoms with Crippen molar-refractivity contribution in [1.29, 1.82) is 0 Å². The van der Waals surface area contributed by atoms with Crippen molar-refractivity contribution in [3.63, 3.8) is 0 Å². The van der Waals surface area contributed by atoms with E-state index in [1.807, 2.05) is 0 Å². The van der Waals surface area contributed by atoms with E-state index >= 15 is 0 Å². The van der Waals surface area contributed by atoms with Gasteiger partial charge in [-0.2, -0.15) is 8.42 Å². The Morgan fingerprint density at radius 2 is 0.893 bits per heavy atom. The van der Waals surface area contributed by atoms with Gasteiger partial charge in [-0.1, -0.05) is 282 Å². The maximum atomic E-state index is 13.2. The number of rotatable bonds is 56. The number of nitrogens with one attached hydrogen (secondary N) is 1. The van der Waals surface area contributed by atoms with Gasteiger partial charge in [0.25, 0.3) is 0 Å². The van der Waals surface area contributed by atoms with Crippen molar-refractivity contribution in [2.24, 2.45) is 0 Å². The first-order valence-electron chi connectivity index (χ1n) is 31.7. The summed E-state index contributed by atoms with van der Waals surface area (Å²) in [7, 11) is -5.08. The molecule has 0 saturated carbocycles. The molecule has 1 saturated heterocycles. The van der Waals surface area contributed by atoms with Crippen molar-refractivity contribution in [2.45, 2.75) is 352 Å². The second-order valence-electron chi connectivity index (χ2n) is 22.4. The van der Waals surface area contributed by atoms with Gasteiger partial charge in [-0.15, -0.1) is 0 Å². The van der Waals surface area contributed by atoms with Gasteiger partial charge in [0.05, 0.1) is 25.4 Å². The molecule has 7 atom stereocenters. The highest BCUT2D eigenvalue weighted by Gasteiger charge is 2.48. The Kier molecular flexibility index (Phi) is 49.6. The molecule has 1 fully saturated rings.